The highest BCUT2D eigenvalue weighted by Crippen LogP contribution is 2.35. The fourth-order valence-electron chi connectivity index (χ4n) is 1.47. The van der Waals surface area contributed by atoms with Gasteiger partial charge in [0.05, 0.1) is 18.1 Å². The lowest BCUT2D eigenvalue weighted by Crippen LogP contribution is -2.20. The van der Waals surface area contributed by atoms with Crippen molar-refractivity contribution in [1.29, 1.82) is 0 Å². The summed E-state index contributed by atoms with van der Waals surface area (Å²) in [5, 5.41) is 0. The van der Waals surface area contributed by atoms with E-state index in [0.29, 0.717) is 13.2 Å². The van der Waals surface area contributed by atoms with Gasteiger partial charge in [0.25, 0.3) is 0 Å². The predicted octanol–water partition coefficient (Wildman–Crippen LogP) is 2.53. The van der Waals surface area contributed by atoms with Gasteiger partial charge in [0.2, 0.25) is 5.79 Å². The van der Waals surface area contributed by atoms with Crippen LogP contribution in [0.15, 0.2) is 12.1 Å². The maximum atomic E-state index is 5.57. The molecule has 0 radical (unpaired) electrons. The summed E-state index contributed by atoms with van der Waals surface area (Å²) in [5.41, 5.74) is 0. The lowest BCUT2D eigenvalue weighted by molar-refractivity contribution is -0.146. The van der Waals surface area contributed by atoms with E-state index in [1.807, 2.05) is 6.92 Å². The first-order valence-corrected chi connectivity index (χ1v) is 5.43. The van der Waals surface area contributed by atoms with Gasteiger partial charge in [0.15, 0.2) is 0 Å². The molecule has 1 aromatic rings. The van der Waals surface area contributed by atoms with Crippen molar-refractivity contribution >= 4 is 11.3 Å². The van der Waals surface area contributed by atoms with Gasteiger partial charge in [-0.25, -0.2) is 0 Å². The Labute approximate surface area is 82.5 Å². The smallest absolute Gasteiger partial charge is 0.201 e. The highest BCUT2D eigenvalue weighted by atomic mass is 32.1. The Morgan fingerprint density at radius 3 is 2.62 bits per heavy atom. The second-order valence-electron chi connectivity index (χ2n) is 3.26. The second-order valence-corrected chi connectivity index (χ2v) is 4.43. The van der Waals surface area contributed by atoms with Gasteiger partial charge >= 0.3 is 0 Å². The van der Waals surface area contributed by atoms with Crippen LogP contribution in [0.5, 0.6) is 0 Å². The Hall–Kier alpha value is -0.380. The number of thiophene rings is 1. The normalized spacial score (nSPS) is 20.8. The van der Waals surface area contributed by atoms with Gasteiger partial charge < -0.3 is 9.47 Å². The maximum absolute atomic E-state index is 5.57. The fraction of sp³-hybridized carbons (Fsp3) is 0.600. The molecule has 1 aliphatic heterocycles. The van der Waals surface area contributed by atoms with Crippen molar-refractivity contribution in [3.63, 3.8) is 0 Å². The van der Waals surface area contributed by atoms with E-state index >= 15 is 0 Å². The van der Waals surface area contributed by atoms with Crippen LogP contribution >= 0.6 is 11.3 Å². The van der Waals surface area contributed by atoms with Gasteiger partial charge in [-0.3, -0.25) is 0 Å². The first-order chi connectivity index (χ1) is 6.24. The molecule has 0 saturated carbocycles. The number of hydrogen-bond acceptors (Lipinski definition) is 3. The van der Waals surface area contributed by atoms with E-state index in [9.17, 15) is 0 Å². The first-order valence-electron chi connectivity index (χ1n) is 4.62. The van der Waals surface area contributed by atoms with Crippen molar-refractivity contribution in [3.8, 4) is 0 Å². The van der Waals surface area contributed by atoms with Gasteiger partial charge in [-0.15, -0.1) is 11.3 Å². The van der Waals surface area contributed by atoms with Crippen LogP contribution < -0.4 is 0 Å². The van der Waals surface area contributed by atoms with E-state index in [1.165, 1.54) is 9.75 Å². The molecule has 1 aliphatic rings. The summed E-state index contributed by atoms with van der Waals surface area (Å²) in [6.45, 7) is 5.56. The quantitative estimate of drug-likeness (QED) is 0.727. The molecule has 2 rings (SSSR count). The molecule has 1 aromatic heterocycles. The van der Waals surface area contributed by atoms with E-state index < -0.39 is 5.79 Å². The molecular weight excluding hydrogens is 184 g/mol. The van der Waals surface area contributed by atoms with Crippen molar-refractivity contribution in [2.24, 2.45) is 0 Å². The molecule has 1 saturated heterocycles. The van der Waals surface area contributed by atoms with Crippen LogP contribution in [0.3, 0.4) is 0 Å². The summed E-state index contributed by atoms with van der Waals surface area (Å²) >= 11 is 1.78. The molecule has 0 N–H and O–H groups in total. The average molecular weight is 198 g/mol. The zero-order valence-electron chi connectivity index (χ0n) is 8.00. The Morgan fingerprint density at radius 1 is 1.38 bits per heavy atom. The van der Waals surface area contributed by atoms with Crippen LogP contribution in [0.2, 0.25) is 0 Å². The highest BCUT2D eigenvalue weighted by molar-refractivity contribution is 7.12. The minimum absolute atomic E-state index is 0.474. The number of rotatable bonds is 2. The molecule has 0 bridgehead atoms. The third-order valence-corrected chi connectivity index (χ3v) is 3.71. The van der Waals surface area contributed by atoms with E-state index in [1.54, 1.807) is 11.3 Å². The highest BCUT2D eigenvalue weighted by Gasteiger charge is 2.34. The average Bonchev–Trinajstić information content (AvgIpc) is 2.72. The van der Waals surface area contributed by atoms with E-state index in [-0.39, 0.29) is 0 Å². The van der Waals surface area contributed by atoms with E-state index in [4.69, 9.17) is 9.47 Å². The zero-order chi connectivity index (χ0) is 9.31. The number of hydrogen-bond donors (Lipinski definition) is 0. The largest absolute Gasteiger partial charge is 0.343 e. The monoisotopic (exact) mass is 198 g/mol. The fourth-order valence-corrected chi connectivity index (χ4v) is 2.47. The second kappa shape index (κ2) is 3.40. The number of aryl methyl sites for hydroxylation is 1. The van der Waals surface area contributed by atoms with Crippen molar-refractivity contribution < 1.29 is 9.47 Å². The SMILES string of the molecule is CCc1ccc(C2(C)OCCO2)s1. The Morgan fingerprint density at radius 2 is 2.08 bits per heavy atom. The molecule has 0 unspecified atom stereocenters. The summed E-state index contributed by atoms with van der Waals surface area (Å²) in [6, 6.07) is 4.26. The molecule has 0 amide bonds. The summed E-state index contributed by atoms with van der Waals surface area (Å²) < 4.78 is 11.1. The van der Waals surface area contributed by atoms with Crippen molar-refractivity contribution in [3.05, 3.63) is 21.9 Å². The lowest BCUT2D eigenvalue weighted by Gasteiger charge is -2.20. The summed E-state index contributed by atoms with van der Waals surface area (Å²) in [7, 11) is 0. The molecular formula is C10H14O2S. The zero-order valence-corrected chi connectivity index (χ0v) is 8.82. The molecule has 0 aliphatic carbocycles. The third-order valence-electron chi connectivity index (χ3n) is 2.30. The van der Waals surface area contributed by atoms with Crippen LogP contribution in [0.1, 0.15) is 23.6 Å². The standard InChI is InChI=1S/C10H14O2S/c1-3-8-4-5-9(13-8)10(2)11-6-7-12-10/h4-5H,3,6-7H2,1-2H3. The van der Waals surface area contributed by atoms with Gasteiger partial charge in [0, 0.05) is 4.88 Å². The predicted molar refractivity (Wildman–Crippen MR) is 53.0 cm³/mol. The van der Waals surface area contributed by atoms with Crippen molar-refractivity contribution in [1.82, 2.24) is 0 Å². The van der Waals surface area contributed by atoms with Crippen LogP contribution in [0, 0.1) is 0 Å². The van der Waals surface area contributed by atoms with E-state index in [2.05, 4.69) is 19.1 Å². The van der Waals surface area contributed by atoms with Gasteiger partial charge in [-0.1, -0.05) is 6.92 Å². The van der Waals surface area contributed by atoms with Crippen LogP contribution in [0.4, 0.5) is 0 Å². The molecule has 2 heterocycles. The molecule has 0 atom stereocenters. The summed E-state index contributed by atoms with van der Waals surface area (Å²) in [4.78, 5) is 2.57. The summed E-state index contributed by atoms with van der Waals surface area (Å²) in [6.07, 6.45) is 1.08. The Bertz CT molecular complexity index is 287. The molecule has 2 nitrogen and oxygen atoms in total. The molecule has 3 heteroatoms. The first kappa shape index (κ1) is 9.19. The Balaban J connectivity index is 2.23. The minimum atomic E-state index is -0.474. The van der Waals surface area contributed by atoms with Crippen molar-refractivity contribution in [2.75, 3.05) is 13.2 Å². The Kier molecular flexibility index (Phi) is 2.41. The van der Waals surface area contributed by atoms with Gasteiger partial charge in [-0.2, -0.15) is 0 Å². The topological polar surface area (TPSA) is 18.5 Å². The molecule has 13 heavy (non-hydrogen) atoms. The van der Waals surface area contributed by atoms with Crippen molar-refractivity contribution in [2.45, 2.75) is 26.1 Å². The third kappa shape index (κ3) is 1.64. The van der Waals surface area contributed by atoms with Gasteiger partial charge in [0.1, 0.15) is 0 Å². The van der Waals surface area contributed by atoms with Crippen LogP contribution in [-0.2, 0) is 21.7 Å². The minimum Gasteiger partial charge on any atom is -0.343 e. The van der Waals surface area contributed by atoms with Crippen LogP contribution in [0.25, 0.3) is 0 Å². The van der Waals surface area contributed by atoms with E-state index in [0.717, 1.165) is 6.42 Å². The maximum Gasteiger partial charge on any atom is 0.201 e. The molecule has 72 valence electrons. The molecule has 0 spiro atoms. The lowest BCUT2D eigenvalue weighted by atomic mass is 10.2. The summed E-state index contributed by atoms with van der Waals surface area (Å²) in [5.74, 6) is -0.474. The molecule has 0 aromatic carbocycles. The van der Waals surface area contributed by atoms with Gasteiger partial charge in [-0.05, 0) is 25.5 Å². The molecule has 1 fully saturated rings. The van der Waals surface area contributed by atoms with Crippen LogP contribution in [-0.4, -0.2) is 13.2 Å². The number of ether oxygens (including phenoxy) is 2.